The highest BCUT2D eigenvalue weighted by Gasteiger charge is 2.20. The summed E-state index contributed by atoms with van der Waals surface area (Å²) in [7, 11) is 0. The molecule has 0 saturated heterocycles. The first kappa shape index (κ1) is 21.6. The lowest BCUT2D eigenvalue weighted by molar-refractivity contribution is -0.708. The molecule has 166 valence electrons. The van der Waals surface area contributed by atoms with Gasteiger partial charge >= 0.3 is 5.56 Å². The van der Waals surface area contributed by atoms with Crippen LogP contribution in [-0.2, 0) is 6.54 Å². The van der Waals surface area contributed by atoms with Crippen molar-refractivity contribution in [1.29, 1.82) is 0 Å². The van der Waals surface area contributed by atoms with E-state index in [4.69, 9.17) is 11.6 Å². The van der Waals surface area contributed by atoms with Gasteiger partial charge in [-0.15, -0.1) is 0 Å². The lowest BCUT2D eigenvalue weighted by atomic mass is 9.99. The molecule has 0 aliphatic heterocycles. The van der Waals surface area contributed by atoms with E-state index < -0.39 is 11.4 Å². The highest BCUT2D eigenvalue weighted by Crippen LogP contribution is 2.28. The van der Waals surface area contributed by atoms with Crippen molar-refractivity contribution < 1.29 is 14.5 Å². The van der Waals surface area contributed by atoms with Crippen molar-refractivity contribution in [3.8, 4) is 28.1 Å². The first-order valence-electron chi connectivity index (χ1n) is 10.6. The molecule has 0 aliphatic rings. The summed E-state index contributed by atoms with van der Waals surface area (Å²) in [5, 5.41) is 14.0. The third kappa shape index (κ3) is 3.95. The van der Waals surface area contributed by atoms with Gasteiger partial charge in [-0.25, -0.2) is 14.3 Å². The minimum Gasteiger partial charge on any atom is -0.842 e. The van der Waals surface area contributed by atoms with Gasteiger partial charge in [0.25, 0.3) is 5.65 Å². The normalized spacial score (nSPS) is 11.0. The molecule has 0 amide bonds. The molecule has 2 aromatic carbocycles. The number of fused-ring (bicyclic) bond motifs is 1. The molecule has 0 fully saturated rings. The predicted molar refractivity (Wildman–Crippen MR) is 128 cm³/mol. The van der Waals surface area contributed by atoms with Crippen molar-refractivity contribution in [2.75, 3.05) is 0 Å². The van der Waals surface area contributed by atoms with Gasteiger partial charge in [-0.2, -0.15) is 4.40 Å². The topological polar surface area (TPSA) is 78.4 Å². The summed E-state index contributed by atoms with van der Waals surface area (Å²) in [5.74, 6) is -0.398. The Morgan fingerprint density at radius 3 is 2.47 bits per heavy atom. The number of halogens is 1. The molecule has 5 aromatic rings. The van der Waals surface area contributed by atoms with Gasteiger partial charge in [-0.3, -0.25) is 4.79 Å². The fraction of sp³-hybridized carbons (Fsp3) is 0.0370. The second-order valence-corrected chi connectivity index (χ2v) is 8.20. The lowest BCUT2D eigenvalue weighted by Crippen LogP contribution is -2.44. The van der Waals surface area contributed by atoms with Crippen molar-refractivity contribution in [2.24, 2.45) is 0 Å². The Morgan fingerprint density at radius 1 is 0.941 bits per heavy atom. The Kier molecular flexibility index (Phi) is 5.65. The molecule has 0 aliphatic carbocycles. The van der Waals surface area contributed by atoms with E-state index >= 15 is 0 Å². The predicted octanol–water partition coefficient (Wildman–Crippen LogP) is 3.90. The number of nitrogens with zero attached hydrogens (tertiary/aromatic N) is 3. The van der Waals surface area contributed by atoms with Gasteiger partial charge in [0, 0.05) is 23.4 Å². The molecular formula is C27H18ClN3O3. The number of aromatic nitrogens is 3. The van der Waals surface area contributed by atoms with Crippen molar-refractivity contribution >= 4 is 23.5 Å². The Balaban J connectivity index is 1.71. The molecule has 0 N–H and O–H groups in total. The molecule has 0 saturated carbocycles. The second-order valence-electron chi connectivity index (χ2n) is 7.81. The first-order valence-corrected chi connectivity index (χ1v) is 10.9. The summed E-state index contributed by atoms with van der Waals surface area (Å²) >= 11 is 5.91. The van der Waals surface area contributed by atoms with Crippen LogP contribution in [0, 0.1) is 0 Å². The summed E-state index contributed by atoms with van der Waals surface area (Å²) in [6.45, 7) is 0.227. The van der Waals surface area contributed by atoms with Gasteiger partial charge in [-0.05, 0) is 41.0 Å². The number of benzene rings is 2. The van der Waals surface area contributed by atoms with Crippen LogP contribution in [0.5, 0.6) is 5.88 Å². The average molecular weight is 468 g/mol. The van der Waals surface area contributed by atoms with Crippen LogP contribution in [0.3, 0.4) is 0 Å². The summed E-state index contributed by atoms with van der Waals surface area (Å²) < 4.78 is 3.03. The van der Waals surface area contributed by atoms with E-state index in [0.717, 1.165) is 23.0 Å². The van der Waals surface area contributed by atoms with E-state index in [1.54, 1.807) is 83.7 Å². The van der Waals surface area contributed by atoms with Crippen LogP contribution in [-0.4, -0.2) is 15.7 Å². The molecule has 7 heteroatoms. The fourth-order valence-corrected chi connectivity index (χ4v) is 4.12. The number of aldehydes is 1. The van der Waals surface area contributed by atoms with Crippen LogP contribution in [0.15, 0.2) is 96.1 Å². The second kappa shape index (κ2) is 8.92. The van der Waals surface area contributed by atoms with Crippen molar-refractivity contribution in [1.82, 2.24) is 9.38 Å². The SMILES string of the molecule is O=Cc1cccc(-c2cccc(-c3c([O-])[n+](Cc4ccc(Cl)nc4)c4ccccn4c3=O)c2)c1. The summed E-state index contributed by atoms with van der Waals surface area (Å²) in [6.07, 6.45) is 4.04. The van der Waals surface area contributed by atoms with Crippen molar-refractivity contribution in [2.45, 2.75) is 6.54 Å². The van der Waals surface area contributed by atoms with Crippen LogP contribution >= 0.6 is 11.6 Å². The first-order chi connectivity index (χ1) is 16.5. The Morgan fingerprint density at radius 2 is 1.71 bits per heavy atom. The monoisotopic (exact) mass is 467 g/mol. The lowest BCUT2D eigenvalue weighted by Gasteiger charge is -2.17. The zero-order valence-corrected chi connectivity index (χ0v) is 18.6. The van der Waals surface area contributed by atoms with Gasteiger partial charge in [-0.1, -0.05) is 60.1 Å². The van der Waals surface area contributed by atoms with Crippen molar-refractivity contribution in [3.05, 3.63) is 118 Å². The number of carbonyl (C=O) groups excluding carboxylic acids is 1. The summed E-state index contributed by atoms with van der Waals surface area (Å²) in [4.78, 5) is 28.7. The number of rotatable bonds is 5. The van der Waals surface area contributed by atoms with E-state index in [0.29, 0.717) is 21.9 Å². The van der Waals surface area contributed by atoms with Crippen LogP contribution in [0.1, 0.15) is 15.9 Å². The minimum atomic E-state index is -0.398. The Bertz CT molecular complexity index is 1590. The third-order valence-electron chi connectivity index (χ3n) is 5.64. The highest BCUT2D eigenvalue weighted by molar-refractivity contribution is 6.29. The minimum absolute atomic E-state index is 0.0685. The maximum Gasteiger partial charge on any atom is 0.349 e. The van der Waals surface area contributed by atoms with E-state index in [1.807, 2.05) is 12.1 Å². The highest BCUT2D eigenvalue weighted by atomic mass is 35.5. The molecular weight excluding hydrogens is 450 g/mol. The fourth-order valence-electron chi connectivity index (χ4n) is 4.00. The van der Waals surface area contributed by atoms with Gasteiger partial charge in [0.05, 0.1) is 12.1 Å². The molecule has 3 heterocycles. The largest absolute Gasteiger partial charge is 0.842 e. The molecule has 3 aromatic heterocycles. The standard InChI is InChI=1S/C27H18ClN3O3/c28-23-11-10-19(15-29-23)16-31-24-9-1-2-12-30(24)26(33)25(27(31)34)22-8-4-7-21(14-22)20-6-3-5-18(13-20)17-32/h1-15,17H,16H2. The van der Waals surface area contributed by atoms with Gasteiger partial charge < -0.3 is 5.11 Å². The van der Waals surface area contributed by atoms with Crippen LogP contribution in [0.25, 0.3) is 27.9 Å². The summed E-state index contributed by atoms with van der Waals surface area (Å²) in [6, 6.07) is 23.1. The zero-order valence-electron chi connectivity index (χ0n) is 17.9. The molecule has 34 heavy (non-hydrogen) atoms. The van der Waals surface area contributed by atoms with Gasteiger partial charge in [0.2, 0.25) is 0 Å². The smallest absolute Gasteiger partial charge is 0.349 e. The third-order valence-corrected chi connectivity index (χ3v) is 5.87. The van der Waals surface area contributed by atoms with Gasteiger partial charge in [0.1, 0.15) is 23.5 Å². The Hall–Kier alpha value is -4.29. The average Bonchev–Trinajstić information content (AvgIpc) is 2.88. The zero-order chi connectivity index (χ0) is 23.7. The molecule has 0 atom stereocenters. The number of pyridine rings is 2. The van der Waals surface area contributed by atoms with E-state index in [1.165, 1.54) is 4.40 Å². The molecule has 0 bridgehead atoms. The quantitative estimate of drug-likeness (QED) is 0.223. The van der Waals surface area contributed by atoms with Crippen LogP contribution in [0.2, 0.25) is 5.15 Å². The maximum atomic E-state index is 13.7. The number of hydrogen-bond donors (Lipinski definition) is 0. The summed E-state index contributed by atoms with van der Waals surface area (Å²) in [5.41, 5.74) is 3.60. The van der Waals surface area contributed by atoms with Gasteiger partial charge in [0.15, 0.2) is 0 Å². The van der Waals surface area contributed by atoms with Crippen molar-refractivity contribution in [3.63, 3.8) is 0 Å². The maximum absolute atomic E-state index is 13.7. The molecule has 0 spiro atoms. The molecule has 0 radical (unpaired) electrons. The Labute approximate surface area is 200 Å². The molecule has 5 rings (SSSR count). The van der Waals surface area contributed by atoms with E-state index in [-0.39, 0.29) is 12.1 Å². The molecule has 0 unspecified atom stereocenters. The number of hydrogen-bond acceptors (Lipinski definition) is 4. The molecule has 6 nitrogen and oxygen atoms in total. The van der Waals surface area contributed by atoms with Crippen LogP contribution < -0.4 is 15.2 Å². The van der Waals surface area contributed by atoms with E-state index in [2.05, 4.69) is 4.98 Å². The van der Waals surface area contributed by atoms with Crippen LogP contribution in [0.4, 0.5) is 0 Å². The number of carbonyl (C=O) groups is 1. The van der Waals surface area contributed by atoms with E-state index in [9.17, 15) is 14.7 Å².